The quantitative estimate of drug-likeness (QED) is 0.613. The number of pyridine rings is 1. The standard InChI is InChI=1S/C17H17ClN8O/c18-12-1-2-13-10(6-12)5-11(7-21-17-23-9-22-16(19)25-17)15(24-13)26-4-3-20-14(27)8-26/h1-2,5-6,9H,3-4,7-8H2,(H,20,27)(H3,19,21,22,23,25). The van der Waals surface area contributed by atoms with Gasteiger partial charge < -0.3 is 21.3 Å². The Kier molecular flexibility index (Phi) is 4.59. The highest BCUT2D eigenvalue weighted by Gasteiger charge is 2.21. The number of nitrogens with one attached hydrogen (secondary N) is 2. The Morgan fingerprint density at radius 1 is 1.26 bits per heavy atom. The fraction of sp³-hybridized carbons (Fsp3) is 0.235. The lowest BCUT2D eigenvalue weighted by molar-refractivity contribution is -0.120. The molecule has 1 amide bonds. The molecule has 0 spiro atoms. The Labute approximate surface area is 160 Å². The number of hydrogen-bond acceptors (Lipinski definition) is 8. The Morgan fingerprint density at radius 2 is 2.15 bits per heavy atom. The van der Waals surface area contributed by atoms with Crippen molar-refractivity contribution in [2.75, 3.05) is 35.6 Å². The van der Waals surface area contributed by atoms with Crippen LogP contribution in [0.5, 0.6) is 0 Å². The van der Waals surface area contributed by atoms with E-state index in [-0.39, 0.29) is 18.4 Å². The number of aromatic nitrogens is 4. The smallest absolute Gasteiger partial charge is 0.239 e. The summed E-state index contributed by atoms with van der Waals surface area (Å²) in [6, 6.07) is 7.54. The Bertz CT molecular complexity index is 1010. The summed E-state index contributed by atoms with van der Waals surface area (Å²) in [4.78, 5) is 30.4. The van der Waals surface area contributed by atoms with E-state index in [1.54, 1.807) is 6.07 Å². The summed E-state index contributed by atoms with van der Waals surface area (Å²) in [5.74, 6) is 1.23. The van der Waals surface area contributed by atoms with Gasteiger partial charge in [-0.3, -0.25) is 4.79 Å². The molecule has 4 N–H and O–H groups in total. The number of anilines is 3. The number of nitrogen functional groups attached to an aromatic ring is 1. The van der Waals surface area contributed by atoms with Crippen LogP contribution < -0.4 is 21.3 Å². The van der Waals surface area contributed by atoms with Crippen molar-refractivity contribution in [3.63, 3.8) is 0 Å². The van der Waals surface area contributed by atoms with E-state index in [4.69, 9.17) is 22.3 Å². The molecule has 1 fully saturated rings. The number of hydrogen-bond donors (Lipinski definition) is 3. The number of rotatable bonds is 4. The summed E-state index contributed by atoms with van der Waals surface area (Å²) in [7, 11) is 0. The number of fused-ring (bicyclic) bond motifs is 1. The first-order chi connectivity index (χ1) is 13.1. The summed E-state index contributed by atoms with van der Waals surface area (Å²) >= 11 is 6.12. The van der Waals surface area contributed by atoms with Gasteiger partial charge in [-0.2, -0.15) is 4.98 Å². The number of amides is 1. The number of nitrogens with two attached hydrogens (primary N) is 1. The molecule has 1 aliphatic rings. The molecule has 4 rings (SSSR count). The Balaban J connectivity index is 1.70. The summed E-state index contributed by atoms with van der Waals surface area (Å²) in [6.07, 6.45) is 1.35. The summed E-state index contributed by atoms with van der Waals surface area (Å²) < 4.78 is 0. The van der Waals surface area contributed by atoms with Gasteiger partial charge >= 0.3 is 0 Å². The second kappa shape index (κ2) is 7.20. The zero-order valence-electron chi connectivity index (χ0n) is 14.3. The number of nitrogens with zero attached hydrogens (tertiary/aromatic N) is 5. The third-order valence-electron chi connectivity index (χ3n) is 4.20. The highest BCUT2D eigenvalue weighted by atomic mass is 35.5. The SMILES string of the molecule is Nc1ncnc(NCc2cc3cc(Cl)ccc3nc2N2CCNC(=O)C2)n1. The first-order valence-corrected chi connectivity index (χ1v) is 8.75. The van der Waals surface area contributed by atoms with E-state index >= 15 is 0 Å². The molecule has 10 heteroatoms. The molecule has 1 aromatic carbocycles. The van der Waals surface area contributed by atoms with Crippen molar-refractivity contribution < 1.29 is 4.79 Å². The van der Waals surface area contributed by atoms with Crippen molar-refractivity contribution in [3.05, 3.63) is 41.2 Å². The molecule has 138 valence electrons. The zero-order valence-corrected chi connectivity index (χ0v) is 15.1. The lowest BCUT2D eigenvalue weighted by Gasteiger charge is -2.29. The van der Waals surface area contributed by atoms with E-state index in [1.165, 1.54) is 6.33 Å². The van der Waals surface area contributed by atoms with Gasteiger partial charge in [0.1, 0.15) is 12.1 Å². The molecule has 9 nitrogen and oxygen atoms in total. The van der Waals surface area contributed by atoms with Crippen LogP contribution in [-0.2, 0) is 11.3 Å². The van der Waals surface area contributed by atoms with Crippen LogP contribution in [0.25, 0.3) is 10.9 Å². The molecule has 0 radical (unpaired) electrons. The molecular formula is C17H17ClN8O. The Morgan fingerprint density at radius 3 is 2.96 bits per heavy atom. The highest BCUT2D eigenvalue weighted by Crippen LogP contribution is 2.26. The lowest BCUT2D eigenvalue weighted by Crippen LogP contribution is -2.48. The molecule has 0 aliphatic carbocycles. The van der Waals surface area contributed by atoms with Gasteiger partial charge in [0.15, 0.2) is 0 Å². The molecular weight excluding hydrogens is 368 g/mol. The van der Waals surface area contributed by atoms with Crippen molar-refractivity contribution in [2.24, 2.45) is 0 Å². The number of halogens is 1. The van der Waals surface area contributed by atoms with E-state index in [9.17, 15) is 4.79 Å². The molecule has 0 bridgehead atoms. The van der Waals surface area contributed by atoms with Gasteiger partial charge in [0.05, 0.1) is 12.1 Å². The highest BCUT2D eigenvalue weighted by molar-refractivity contribution is 6.31. The fourth-order valence-corrected chi connectivity index (χ4v) is 3.15. The van der Waals surface area contributed by atoms with E-state index in [2.05, 4.69) is 25.6 Å². The normalized spacial score (nSPS) is 14.3. The first-order valence-electron chi connectivity index (χ1n) is 8.38. The van der Waals surface area contributed by atoms with Crippen LogP contribution in [0.2, 0.25) is 5.02 Å². The van der Waals surface area contributed by atoms with Crippen LogP contribution in [0.4, 0.5) is 17.7 Å². The van der Waals surface area contributed by atoms with Crippen LogP contribution >= 0.6 is 11.6 Å². The van der Waals surface area contributed by atoms with Gasteiger partial charge in [-0.25, -0.2) is 15.0 Å². The van der Waals surface area contributed by atoms with Crippen molar-refractivity contribution in [1.29, 1.82) is 0 Å². The lowest BCUT2D eigenvalue weighted by atomic mass is 10.1. The van der Waals surface area contributed by atoms with Crippen molar-refractivity contribution >= 4 is 46.1 Å². The average Bonchev–Trinajstić information content (AvgIpc) is 2.65. The van der Waals surface area contributed by atoms with Crippen molar-refractivity contribution in [1.82, 2.24) is 25.3 Å². The molecule has 0 unspecified atom stereocenters. The number of carbonyl (C=O) groups excluding carboxylic acids is 1. The van der Waals surface area contributed by atoms with Crippen LogP contribution in [0.15, 0.2) is 30.6 Å². The van der Waals surface area contributed by atoms with Crippen LogP contribution in [-0.4, -0.2) is 45.5 Å². The van der Waals surface area contributed by atoms with Crippen LogP contribution in [0.3, 0.4) is 0 Å². The molecule has 0 saturated carbocycles. The third kappa shape index (κ3) is 3.82. The van der Waals surface area contributed by atoms with E-state index in [1.807, 2.05) is 23.1 Å². The van der Waals surface area contributed by atoms with Gasteiger partial charge in [-0.05, 0) is 24.3 Å². The summed E-state index contributed by atoms with van der Waals surface area (Å²) in [5.41, 5.74) is 7.31. The van der Waals surface area contributed by atoms with Gasteiger partial charge in [-0.1, -0.05) is 11.6 Å². The summed E-state index contributed by atoms with van der Waals surface area (Å²) in [5, 5.41) is 7.51. The maximum absolute atomic E-state index is 11.8. The molecule has 3 aromatic rings. The van der Waals surface area contributed by atoms with Crippen molar-refractivity contribution in [3.8, 4) is 0 Å². The topological polar surface area (TPSA) is 122 Å². The Hall–Kier alpha value is -3.20. The average molecular weight is 385 g/mol. The minimum Gasteiger partial charge on any atom is -0.368 e. The molecule has 1 aliphatic heterocycles. The van der Waals surface area contributed by atoms with Gasteiger partial charge in [-0.15, -0.1) is 0 Å². The maximum atomic E-state index is 11.8. The van der Waals surface area contributed by atoms with E-state index < -0.39 is 0 Å². The van der Waals surface area contributed by atoms with Crippen molar-refractivity contribution in [2.45, 2.75) is 6.54 Å². The molecule has 3 heterocycles. The van der Waals surface area contributed by atoms with E-state index in [0.717, 1.165) is 22.3 Å². The van der Waals surface area contributed by atoms with Gasteiger partial charge in [0, 0.05) is 35.6 Å². The molecule has 0 atom stereocenters. The largest absolute Gasteiger partial charge is 0.368 e. The predicted molar refractivity (Wildman–Crippen MR) is 104 cm³/mol. The number of carbonyl (C=O) groups is 1. The number of piperazine rings is 1. The van der Waals surface area contributed by atoms with Crippen LogP contribution in [0.1, 0.15) is 5.56 Å². The molecule has 1 saturated heterocycles. The molecule has 2 aromatic heterocycles. The predicted octanol–water partition coefficient (Wildman–Crippen LogP) is 1.20. The zero-order chi connectivity index (χ0) is 18.8. The van der Waals surface area contributed by atoms with Gasteiger partial charge in [0.2, 0.25) is 17.8 Å². The minimum atomic E-state index is -0.0246. The second-order valence-corrected chi connectivity index (χ2v) is 6.54. The minimum absolute atomic E-state index is 0.0246. The van der Waals surface area contributed by atoms with E-state index in [0.29, 0.717) is 30.6 Å². The second-order valence-electron chi connectivity index (χ2n) is 6.10. The third-order valence-corrected chi connectivity index (χ3v) is 4.43. The fourth-order valence-electron chi connectivity index (χ4n) is 2.97. The van der Waals surface area contributed by atoms with Crippen LogP contribution in [0, 0.1) is 0 Å². The first kappa shape index (κ1) is 17.2. The number of benzene rings is 1. The summed E-state index contributed by atoms with van der Waals surface area (Å²) in [6.45, 7) is 1.93. The molecule has 27 heavy (non-hydrogen) atoms. The monoisotopic (exact) mass is 384 g/mol. The maximum Gasteiger partial charge on any atom is 0.239 e. The van der Waals surface area contributed by atoms with Gasteiger partial charge in [0.25, 0.3) is 0 Å².